The Morgan fingerprint density at radius 2 is 2.47 bits per heavy atom. The Hall–Kier alpha value is -2.11. The second-order valence-electron chi connectivity index (χ2n) is 4.73. The number of piperidine rings is 1. The number of carbonyl (C=O) groups is 1. The van der Waals surface area contributed by atoms with Crippen molar-refractivity contribution in [2.75, 3.05) is 19.6 Å². The Labute approximate surface area is 111 Å². The first-order chi connectivity index (χ1) is 9.33. The molecule has 1 unspecified atom stereocenters. The number of nitrogens with one attached hydrogen (secondary N) is 1. The van der Waals surface area contributed by atoms with Gasteiger partial charge in [-0.25, -0.2) is 4.79 Å². The Balaban J connectivity index is 1.52. The van der Waals surface area contributed by atoms with E-state index in [2.05, 4.69) is 15.5 Å². The number of amides is 1. The summed E-state index contributed by atoms with van der Waals surface area (Å²) in [5.41, 5.74) is 4.92. The number of likely N-dealkylation sites (tertiary alicyclic amines) is 1. The molecule has 1 N–H and O–H groups in total. The van der Waals surface area contributed by atoms with Crippen molar-refractivity contribution in [1.29, 1.82) is 0 Å². The molecule has 0 spiro atoms. The van der Waals surface area contributed by atoms with Crippen molar-refractivity contribution in [3.05, 3.63) is 30.1 Å². The minimum absolute atomic E-state index is 0.222. The highest BCUT2D eigenvalue weighted by Crippen LogP contribution is 2.18. The lowest BCUT2D eigenvalue weighted by molar-refractivity contribution is 0.0908. The third kappa shape index (κ3) is 2.67. The largest absolute Gasteiger partial charge is 0.443 e. The maximum Gasteiger partial charge on any atom is 0.410 e. The van der Waals surface area contributed by atoms with Crippen molar-refractivity contribution >= 4 is 11.8 Å². The van der Waals surface area contributed by atoms with Gasteiger partial charge in [0, 0.05) is 43.9 Å². The maximum atomic E-state index is 12.0. The molecule has 6 heteroatoms. The number of hydrazone groups is 1. The number of pyridine rings is 1. The molecule has 1 amide bonds. The molecular formula is C13H16N4O2. The topological polar surface area (TPSA) is 66.8 Å². The van der Waals surface area contributed by atoms with Crippen LogP contribution in [0.1, 0.15) is 12.1 Å². The Morgan fingerprint density at radius 3 is 3.32 bits per heavy atom. The summed E-state index contributed by atoms with van der Waals surface area (Å²) in [5.74, 6) is 0.344. The summed E-state index contributed by atoms with van der Waals surface area (Å²) in [6.07, 6.45) is 2.25. The van der Waals surface area contributed by atoms with Crippen LogP contribution in [0.15, 0.2) is 29.5 Å². The van der Waals surface area contributed by atoms with Gasteiger partial charge in [0.05, 0.1) is 5.69 Å². The van der Waals surface area contributed by atoms with Crippen LogP contribution in [0.25, 0.3) is 0 Å². The predicted molar refractivity (Wildman–Crippen MR) is 69.5 cm³/mol. The van der Waals surface area contributed by atoms with Crippen LogP contribution in [0.3, 0.4) is 0 Å². The number of nitrogens with zero attached hydrogens (tertiary/aromatic N) is 3. The summed E-state index contributed by atoms with van der Waals surface area (Å²) in [6.45, 7) is 2.41. The highest BCUT2D eigenvalue weighted by molar-refractivity contribution is 5.90. The van der Waals surface area contributed by atoms with E-state index < -0.39 is 0 Å². The first-order valence-corrected chi connectivity index (χ1v) is 6.44. The quantitative estimate of drug-likeness (QED) is 0.861. The summed E-state index contributed by atoms with van der Waals surface area (Å²) in [4.78, 5) is 17.8. The van der Waals surface area contributed by atoms with Gasteiger partial charge in [0.1, 0.15) is 6.61 Å². The average molecular weight is 260 g/mol. The lowest BCUT2D eigenvalue weighted by Gasteiger charge is -2.29. The van der Waals surface area contributed by atoms with Crippen molar-refractivity contribution in [2.45, 2.75) is 13.0 Å². The smallest absolute Gasteiger partial charge is 0.410 e. The SMILES string of the molecule is O=C(OCc1ccccn1)N1CCC2=NNCC2C1. The first kappa shape index (κ1) is 12.0. The van der Waals surface area contributed by atoms with E-state index in [1.54, 1.807) is 11.1 Å². The molecule has 19 heavy (non-hydrogen) atoms. The van der Waals surface area contributed by atoms with Gasteiger partial charge in [-0.1, -0.05) is 6.07 Å². The standard InChI is InChI=1S/C13H16N4O2/c18-13(19-9-11-3-1-2-5-14-11)17-6-4-12-10(8-17)7-15-16-12/h1-3,5,10,15H,4,6-9H2. The molecule has 1 saturated heterocycles. The number of hydrogen-bond acceptors (Lipinski definition) is 5. The van der Waals surface area contributed by atoms with Gasteiger partial charge in [0.2, 0.25) is 0 Å². The van der Waals surface area contributed by atoms with Gasteiger partial charge in [-0.2, -0.15) is 5.10 Å². The highest BCUT2D eigenvalue weighted by atomic mass is 16.6. The van der Waals surface area contributed by atoms with E-state index in [4.69, 9.17) is 4.74 Å². The zero-order chi connectivity index (χ0) is 13.1. The van der Waals surface area contributed by atoms with Crippen LogP contribution in [-0.4, -0.2) is 41.3 Å². The highest BCUT2D eigenvalue weighted by Gasteiger charge is 2.31. The molecular weight excluding hydrogens is 244 g/mol. The number of carbonyl (C=O) groups excluding carboxylic acids is 1. The molecule has 2 aliphatic rings. The van der Waals surface area contributed by atoms with E-state index in [9.17, 15) is 4.79 Å². The van der Waals surface area contributed by atoms with Crippen molar-refractivity contribution in [1.82, 2.24) is 15.3 Å². The van der Waals surface area contributed by atoms with E-state index in [0.29, 0.717) is 19.0 Å². The lowest BCUT2D eigenvalue weighted by atomic mass is 9.97. The van der Waals surface area contributed by atoms with Crippen LogP contribution in [0.2, 0.25) is 0 Å². The molecule has 0 aromatic carbocycles. The van der Waals surface area contributed by atoms with E-state index in [0.717, 1.165) is 18.7 Å². The Kier molecular flexibility index (Phi) is 3.31. The fourth-order valence-electron chi connectivity index (χ4n) is 2.38. The molecule has 0 bridgehead atoms. The molecule has 0 radical (unpaired) electrons. The summed E-state index contributed by atoms with van der Waals surface area (Å²) in [6, 6.07) is 5.56. The Morgan fingerprint density at radius 1 is 1.53 bits per heavy atom. The molecule has 0 saturated carbocycles. The molecule has 6 nitrogen and oxygen atoms in total. The molecule has 2 aliphatic heterocycles. The number of rotatable bonds is 2. The summed E-state index contributed by atoms with van der Waals surface area (Å²) in [5, 5.41) is 4.22. The van der Waals surface area contributed by atoms with Crippen molar-refractivity contribution < 1.29 is 9.53 Å². The number of ether oxygens (including phenoxy) is 1. The van der Waals surface area contributed by atoms with Crippen LogP contribution in [-0.2, 0) is 11.3 Å². The number of fused-ring (bicyclic) bond motifs is 1. The minimum Gasteiger partial charge on any atom is -0.443 e. The van der Waals surface area contributed by atoms with Crippen molar-refractivity contribution in [2.24, 2.45) is 11.0 Å². The van der Waals surface area contributed by atoms with Gasteiger partial charge in [0.25, 0.3) is 0 Å². The molecule has 1 atom stereocenters. The lowest BCUT2D eigenvalue weighted by Crippen LogP contribution is -2.44. The summed E-state index contributed by atoms with van der Waals surface area (Å²) >= 11 is 0. The molecule has 100 valence electrons. The maximum absolute atomic E-state index is 12.0. The van der Waals surface area contributed by atoms with Crippen LogP contribution >= 0.6 is 0 Å². The monoisotopic (exact) mass is 260 g/mol. The zero-order valence-corrected chi connectivity index (χ0v) is 10.6. The summed E-state index contributed by atoms with van der Waals surface area (Å²) < 4.78 is 5.28. The minimum atomic E-state index is -0.267. The van der Waals surface area contributed by atoms with Crippen LogP contribution in [0.4, 0.5) is 4.79 Å². The normalized spacial score (nSPS) is 21.4. The molecule has 3 heterocycles. The average Bonchev–Trinajstić information content (AvgIpc) is 2.93. The number of aromatic nitrogens is 1. The second-order valence-corrected chi connectivity index (χ2v) is 4.73. The fraction of sp³-hybridized carbons (Fsp3) is 0.462. The predicted octanol–water partition coefficient (Wildman–Crippen LogP) is 0.999. The van der Waals surface area contributed by atoms with Gasteiger partial charge >= 0.3 is 6.09 Å². The summed E-state index contributed by atoms with van der Waals surface area (Å²) in [7, 11) is 0. The molecule has 1 fully saturated rings. The number of hydrogen-bond donors (Lipinski definition) is 1. The van der Waals surface area contributed by atoms with Crippen LogP contribution < -0.4 is 5.43 Å². The van der Waals surface area contributed by atoms with Crippen molar-refractivity contribution in [3.63, 3.8) is 0 Å². The van der Waals surface area contributed by atoms with Gasteiger partial charge in [-0.3, -0.25) is 4.98 Å². The van der Waals surface area contributed by atoms with Gasteiger partial charge in [-0.05, 0) is 12.1 Å². The molecule has 1 aromatic rings. The molecule has 0 aliphatic carbocycles. The molecule has 1 aromatic heterocycles. The van der Waals surface area contributed by atoms with Crippen molar-refractivity contribution in [3.8, 4) is 0 Å². The van der Waals surface area contributed by atoms with E-state index in [1.165, 1.54) is 5.71 Å². The van der Waals surface area contributed by atoms with Gasteiger partial charge in [-0.15, -0.1) is 0 Å². The second kappa shape index (κ2) is 5.26. The van der Waals surface area contributed by atoms with Gasteiger partial charge < -0.3 is 15.1 Å². The van der Waals surface area contributed by atoms with Crippen LogP contribution in [0.5, 0.6) is 0 Å². The van der Waals surface area contributed by atoms with E-state index in [-0.39, 0.29) is 12.7 Å². The fourth-order valence-corrected chi connectivity index (χ4v) is 2.38. The van der Waals surface area contributed by atoms with Gasteiger partial charge in [0.15, 0.2) is 0 Å². The Bertz CT molecular complexity index is 489. The van der Waals surface area contributed by atoms with E-state index in [1.807, 2.05) is 18.2 Å². The molecule has 3 rings (SSSR count). The van der Waals surface area contributed by atoms with E-state index >= 15 is 0 Å². The van der Waals surface area contributed by atoms with Crippen LogP contribution in [0, 0.1) is 5.92 Å². The third-order valence-corrected chi connectivity index (χ3v) is 3.44. The third-order valence-electron chi connectivity index (χ3n) is 3.44. The zero-order valence-electron chi connectivity index (χ0n) is 10.6. The first-order valence-electron chi connectivity index (χ1n) is 6.44.